The zero-order valence-electron chi connectivity index (χ0n) is 17.5. The second kappa shape index (κ2) is 8.75. The molecule has 2 aromatic carbocycles. The maximum atomic E-state index is 12.9. The summed E-state index contributed by atoms with van der Waals surface area (Å²) in [6.07, 6.45) is 0.884. The predicted molar refractivity (Wildman–Crippen MR) is 119 cm³/mol. The standard InChI is InChI=1S/C24H26ClNO3/c1-6-15(2)19-14-21(27)16(3)24(17-10-8-7-9-11-17)26(19)20-12-18(28-4)13-22(29-5)23(20)25/h7-15H,6H2,1-5H3. The van der Waals surface area contributed by atoms with Crippen LogP contribution in [0.2, 0.25) is 5.02 Å². The minimum atomic E-state index is 0.0152. The van der Waals surface area contributed by atoms with Gasteiger partial charge in [0.2, 0.25) is 0 Å². The van der Waals surface area contributed by atoms with Crippen molar-refractivity contribution in [1.29, 1.82) is 0 Å². The molecule has 3 aromatic rings. The maximum Gasteiger partial charge on any atom is 0.185 e. The van der Waals surface area contributed by atoms with E-state index in [2.05, 4.69) is 18.4 Å². The topological polar surface area (TPSA) is 40.5 Å². The highest BCUT2D eigenvalue weighted by molar-refractivity contribution is 6.34. The second-order valence-corrected chi connectivity index (χ2v) is 7.46. The molecule has 1 atom stereocenters. The number of aromatic nitrogens is 1. The first-order valence-corrected chi connectivity index (χ1v) is 10.0. The van der Waals surface area contributed by atoms with Crippen LogP contribution in [0.5, 0.6) is 11.5 Å². The summed E-state index contributed by atoms with van der Waals surface area (Å²) in [7, 11) is 3.19. The Kier molecular flexibility index (Phi) is 6.33. The molecule has 0 bridgehead atoms. The fraction of sp³-hybridized carbons (Fsp3) is 0.292. The molecule has 29 heavy (non-hydrogen) atoms. The summed E-state index contributed by atoms with van der Waals surface area (Å²) in [6.45, 7) is 6.07. The van der Waals surface area contributed by atoms with Gasteiger partial charge in [-0.2, -0.15) is 0 Å². The number of halogens is 1. The van der Waals surface area contributed by atoms with Crippen LogP contribution in [-0.2, 0) is 0 Å². The Labute approximate surface area is 176 Å². The van der Waals surface area contributed by atoms with E-state index < -0.39 is 0 Å². The van der Waals surface area contributed by atoms with Gasteiger partial charge in [-0.25, -0.2) is 0 Å². The van der Waals surface area contributed by atoms with Crippen molar-refractivity contribution in [2.24, 2.45) is 0 Å². The number of nitrogens with zero attached hydrogens (tertiary/aromatic N) is 1. The minimum Gasteiger partial charge on any atom is -0.497 e. The highest BCUT2D eigenvalue weighted by Crippen LogP contribution is 2.39. The summed E-state index contributed by atoms with van der Waals surface area (Å²) >= 11 is 6.76. The van der Waals surface area contributed by atoms with Gasteiger partial charge in [0, 0.05) is 29.5 Å². The molecule has 0 fully saturated rings. The number of ether oxygens (including phenoxy) is 2. The first kappa shape index (κ1) is 21.0. The molecule has 4 nitrogen and oxygen atoms in total. The van der Waals surface area contributed by atoms with E-state index in [0.717, 1.165) is 29.1 Å². The Bertz CT molecular complexity index is 1070. The summed E-state index contributed by atoms with van der Waals surface area (Å²) in [5, 5.41) is 0.470. The Balaban J connectivity index is 2.51. The van der Waals surface area contributed by atoms with Gasteiger partial charge in [-0.15, -0.1) is 0 Å². The molecule has 0 aliphatic heterocycles. The van der Waals surface area contributed by atoms with Gasteiger partial charge in [-0.05, 0) is 24.8 Å². The molecule has 0 amide bonds. The van der Waals surface area contributed by atoms with Crippen LogP contribution in [0, 0.1) is 6.92 Å². The van der Waals surface area contributed by atoms with E-state index in [1.807, 2.05) is 43.3 Å². The molecular weight excluding hydrogens is 386 g/mol. The van der Waals surface area contributed by atoms with Crippen molar-refractivity contribution in [3.05, 3.63) is 75.0 Å². The third kappa shape index (κ3) is 3.90. The molecule has 152 valence electrons. The SMILES string of the molecule is CCC(C)c1cc(=O)c(C)c(-c2ccccc2)n1-c1cc(OC)cc(OC)c1Cl. The largest absolute Gasteiger partial charge is 0.497 e. The third-order valence-electron chi connectivity index (χ3n) is 5.34. The third-order valence-corrected chi connectivity index (χ3v) is 5.72. The van der Waals surface area contributed by atoms with Crippen LogP contribution in [0.1, 0.15) is 37.4 Å². The van der Waals surface area contributed by atoms with Crippen molar-refractivity contribution < 1.29 is 9.47 Å². The molecule has 1 heterocycles. The Morgan fingerprint density at radius 3 is 2.34 bits per heavy atom. The average molecular weight is 412 g/mol. The molecule has 5 heteroatoms. The first-order valence-electron chi connectivity index (χ1n) is 9.66. The van der Waals surface area contributed by atoms with E-state index in [1.165, 1.54) is 0 Å². The molecular formula is C24H26ClNO3. The van der Waals surface area contributed by atoms with E-state index in [1.54, 1.807) is 26.4 Å². The summed E-state index contributed by atoms with van der Waals surface area (Å²) in [4.78, 5) is 12.9. The van der Waals surface area contributed by atoms with Crippen LogP contribution in [-0.4, -0.2) is 18.8 Å². The van der Waals surface area contributed by atoms with Gasteiger partial charge in [0.1, 0.15) is 16.5 Å². The summed E-state index contributed by atoms with van der Waals surface area (Å²) < 4.78 is 13.1. The molecule has 0 N–H and O–H groups in total. The molecule has 3 rings (SSSR count). The van der Waals surface area contributed by atoms with E-state index in [9.17, 15) is 4.79 Å². The number of hydrogen-bond donors (Lipinski definition) is 0. The molecule has 1 aromatic heterocycles. The lowest BCUT2D eigenvalue weighted by molar-refractivity contribution is 0.394. The summed E-state index contributed by atoms with van der Waals surface area (Å²) in [5.74, 6) is 1.30. The Hall–Kier alpha value is -2.72. The smallest absolute Gasteiger partial charge is 0.185 e. The van der Waals surface area contributed by atoms with Crippen LogP contribution in [0.3, 0.4) is 0 Å². The lowest BCUT2D eigenvalue weighted by Crippen LogP contribution is -2.19. The highest BCUT2D eigenvalue weighted by atomic mass is 35.5. The number of hydrogen-bond acceptors (Lipinski definition) is 3. The van der Waals surface area contributed by atoms with Gasteiger partial charge >= 0.3 is 0 Å². The molecule has 0 aliphatic rings. The lowest BCUT2D eigenvalue weighted by atomic mass is 9.98. The molecule has 0 aliphatic carbocycles. The fourth-order valence-corrected chi connectivity index (χ4v) is 3.75. The van der Waals surface area contributed by atoms with E-state index in [4.69, 9.17) is 21.1 Å². The quantitative estimate of drug-likeness (QED) is 0.499. The Morgan fingerprint density at radius 1 is 1.07 bits per heavy atom. The normalized spacial score (nSPS) is 11.9. The Morgan fingerprint density at radius 2 is 1.76 bits per heavy atom. The molecule has 0 saturated carbocycles. The van der Waals surface area contributed by atoms with Crippen molar-refractivity contribution in [1.82, 2.24) is 4.57 Å². The lowest BCUT2D eigenvalue weighted by Gasteiger charge is -2.25. The molecule has 0 saturated heterocycles. The number of rotatable bonds is 6. The van der Waals surface area contributed by atoms with Crippen LogP contribution < -0.4 is 14.9 Å². The van der Waals surface area contributed by atoms with Gasteiger partial charge in [-0.1, -0.05) is 55.8 Å². The monoisotopic (exact) mass is 411 g/mol. The first-order chi connectivity index (χ1) is 13.9. The second-order valence-electron chi connectivity index (χ2n) is 7.08. The zero-order chi connectivity index (χ0) is 21.1. The number of methoxy groups -OCH3 is 2. The predicted octanol–water partition coefficient (Wildman–Crippen LogP) is 6.00. The summed E-state index contributed by atoms with van der Waals surface area (Å²) in [5.41, 5.74) is 4.08. The fourth-order valence-electron chi connectivity index (χ4n) is 3.48. The van der Waals surface area contributed by atoms with E-state index in [0.29, 0.717) is 22.1 Å². The number of pyridine rings is 1. The highest BCUT2D eigenvalue weighted by Gasteiger charge is 2.22. The average Bonchev–Trinajstić information content (AvgIpc) is 2.75. The van der Waals surface area contributed by atoms with Crippen molar-refractivity contribution in [3.8, 4) is 28.4 Å². The minimum absolute atomic E-state index is 0.0152. The van der Waals surface area contributed by atoms with E-state index in [-0.39, 0.29) is 11.3 Å². The van der Waals surface area contributed by atoms with Crippen LogP contribution in [0.4, 0.5) is 0 Å². The van der Waals surface area contributed by atoms with Crippen LogP contribution in [0.25, 0.3) is 16.9 Å². The van der Waals surface area contributed by atoms with Gasteiger partial charge in [0.15, 0.2) is 5.43 Å². The van der Waals surface area contributed by atoms with Gasteiger partial charge in [-0.3, -0.25) is 4.79 Å². The van der Waals surface area contributed by atoms with E-state index >= 15 is 0 Å². The van der Waals surface area contributed by atoms with Crippen LogP contribution >= 0.6 is 11.6 Å². The van der Waals surface area contributed by atoms with Crippen molar-refractivity contribution in [2.75, 3.05) is 14.2 Å². The zero-order valence-corrected chi connectivity index (χ0v) is 18.2. The number of benzene rings is 2. The molecule has 0 radical (unpaired) electrons. The maximum absolute atomic E-state index is 12.9. The van der Waals surface area contributed by atoms with Crippen molar-refractivity contribution in [2.45, 2.75) is 33.1 Å². The summed E-state index contributed by atoms with van der Waals surface area (Å²) in [6, 6.07) is 15.3. The van der Waals surface area contributed by atoms with Gasteiger partial charge in [0.25, 0.3) is 0 Å². The van der Waals surface area contributed by atoms with Crippen LogP contribution in [0.15, 0.2) is 53.3 Å². The van der Waals surface area contributed by atoms with Crippen molar-refractivity contribution in [3.63, 3.8) is 0 Å². The van der Waals surface area contributed by atoms with Gasteiger partial charge < -0.3 is 14.0 Å². The molecule has 1 unspecified atom stereocenters. The molecule has 0 spiro atoms. The van der Waals surface area contributed by atoms with Gasteiger partial charge in [0.05, 0.1) is 25.6 Å². The van der Waals surface area contributed by atoms with Crippen molar-refractivity contribution >= 4 is 11.6 Å².